The van der Waals surface area contributed by atoms with Crippen LogP contribution in [0.5, 0.6) is 0 Å². The van der Waals surface area contributed by atoms with Crippen molar-refractivity contribution in [2.75, 3.05) is 0 Å². The van der Waals surface area contributed by atoms with Gasteiger partial charge < -0.3 is 4.40 Å². The fraction of sp³-hybridized carbons (Fsp3) is 0.0200. The number of nitrogens with zero attached hydrogens (tertiary/aromatic N) is 2. The van der Waals surface area contributed by atoms with Gasteiger partial charge in [-0.2, -0.15) is 0 Å². The molecule has 0 aliphatic heterocycles. The van der Waals surface area contributed by atoms with Crippen molar-refractivity contribution >= 4 is 60.1 Å². The van der Waals surface area contributed by atoms with Crippen molar-refractivity contribution in [3.05, 3.63) is 198 Å². The van der Waals surface area contributed by atoms with Gasteiger partial charge in [-0.1, -0.05) is 134 Å². The predicted molar refractivity (Wildman–Crippen MR) is 225 cm³/mol. The van der Waals surface area contributed by atoms with E-state index >= 15 is 4.79 Å². The van der Waals surface area contributed by atoms with Gasteiger partial charge >= 0.3 is 0 Å². The van der Waals surface area contributed by atoms with Gasteiger partial charge in [-0.15, -0.1) is 0 Å². The van der Waals surface area contributed by atoms with E-state index in [1.54, 1.807) is 0 Å². The van der Waals surface area contributed by atoms with E-state index in [0.29, 0.717) is 5.39 Å². The van der Waals surface area contributed by atoms with Gasteiger partial charge in [0.2, 0.25) is 0 Å². The van der Waals surface area contributed by atoms with E-state index in [0.717, 1.165) is 93.6 Å². The van der Waals surface area contributed by atoms with Gasteiger partial charge in [-0.05, 0) is 100.0 Å². The van der Waals surface area contributed by atoms with Gasteiger partial charge in [0, 0.05) is 21.5 Å². The number of aromatic nitrogens is 2. The zero-order valence-corrected chi connectivity index (χ0v) is 29.3. The number of benzene rings is 7. The normalized spacial score (nSPS) is 12.4. The van der Waals surface area contributed by atoms with Crippen LogP contribution < -0.4 is 5.56 Å². The van der Waals surface area contributed by atoms with E-state index in [4.69, 9.17) is 0 Å². The summed E-state index contributed by atoms with van der Waals surface area (Å²) in [4.78, 5) is 15.4. The maximum atomic E-state index is 15.4. The van der Waals surface area contributed by atoms with Crippen LogP contribution in [-0.2, 0) is 0 Å². The highest BCUT2D eigenvalue weighted by molar-refractivity contribution is 6.21. The number of rotatable bonds is 6. The summed E-state index contributed by atoms with van der Waals surface area (Å²) in [5.41, 5.74) is 13.4. The highest BCUT2D eigenvalue weighted by atomic mass is 16.1. The molecule has 0 bridgehead atoms. The van der Waals surface area contributed by atoms with Gasteiger partial charge in [0.25, 0.3) is 5.56 Å². The Hall–Kier alpha value is -6.97. The Morgan fingerprint density at radius 3 is 1.57 bits per heavy atom. The second-order valence-corrected chi connectivity index (χ2v) is 13.7. The first kappa shape index (κ1) is 30.8. The molecule has 0 atom stereocenters. The molecule has 10 aromatic rings. The minimum absolute atomic E-state index is 0.0347. The van der Waals surface area contributed by atoms with Crippen molar-refractivity contribution < 1.29 is 0 Å². The van der Waals surface area contributed by atoms with Crippen LogP contribution in [-0.4, -0.2) is 8.80 Å². The summed E-state index contributed by atoms with van der Waals surface area (Å²) < 4.78 is 4.30. The van der Waals surface area contributed by atoms with Crippen LogP contribution in [0.25, 0.3) is 93.5 Å². The summed E-state index contributed by atoms with van der Waals surface area (Å²) >= 11 is 0. The second kappa shape index (κ2) is 12.1. The SMILES string of the molecule is C=C/C(=C\C=C/C)c1cc2c3cc(-c4ccccc4)ccc3n3c(=O)c4cc(-c5ccccc5)cc5c6cc(-c7ccccc7)ccc6n(c(c1)c23)c45. The molecule has 250 valence electrons. The predicted octanol–water partition coefficient (Wildman–Crippen LogP) is 12.7. The fourth-order valence-electron chi connectivity index (χ4n) is 8.26. The third kappa shape index (κ3) is 4.71. The maximum absolute atomic E-state index is 15.4. The molecule has 0 aliphatic rings. The Morgan fingerprint density at radius 2 is 1.00 bits per heavy atom. The molecule has 10 rings (SSSR count). The third-order valence-corrected chi connectivity index (χ3v) is 10.7. The molecular formula is C50H34N2O. The molecule has 0 N–H and O–H groups in total. The second-order valence-electron chi connectivity index (χ2n) is 13.7. The molecule has 0 saturated carbocycles. The Bertz CT molecular complexity index is 3180. The van der Waals surface area contributed by atoms with E-state index < -0.39 is 0 Å². The maximum Gasteiger partial charge on any atom is 0.265 e. The highest BCUT2D eigenvalue weighted by Gasteiger charge is 2.23. The Kier molecular flexibility index (Phi) is 7.02. The standard InChI is InChI=1S/C50H34N2O/c1-3-5-15-32(4-2)39-29-43-41-27-37(34-18-11-7-12-19-34)23-25-46(41)52-49(43)47(31-39)51-45-24-22-36(33-16-9-6-10-17-33)26-40(45)42-28-38(35-20-13-8-14-21-35)30-44(48(42)51)50(52)53/h3-31H,2H2,1H3/b5-3-,32-15+. The van der Waals surface area contributed by atoms with Crippen LogP contribution in [0.15, 0.2) is 187 Å². The van der Waals surface area contributed by atoms with E-state index in [1.165, 1.54) is 0 Å². The third-order valence-electron chi connectivity index (χ3n) is 10.7. The van der Waals surface area contributed by atoms with E-state index in [2.05, 4.69) is 151 Å². The molecule has 53 heavy (non-hydrogen) atoms. The summed E-state index contributed by atoms with van der Waals surface area (Å²) in [7, 11) is 0. The van der Waals surface area contributed by atoms with E-state index in [-0.39, 0.29) is 5.56 Å². The Morgan fingerprint density at radius 1 is 0.491 bits per heavy atom. The Balaban J connectivity index is 1.46. The van der Waals surface area contributed by atoms with Crippen LogP contribution in [0, 0.1) is 0 Å². The average molecular weight is 679 g/mol. The summed E-state index contributed by atoms with van der Waals surface area (Å²) in [6.07, 6.45) is 8.10. The molecule has 0 spiro atoms. The van der Waals surface area contributed by atoms with Crippen molar-refractivity contribution in [1.29, 1.82) is 0 Å². The zero-order chi connectivity index (χ0) is 35.6. The summed E-state index contributed by atoms with van der Waals surface area (Å²) in [6.45, 7) is 6.23. The van der Waals surface area contributed by atoms with Gasteiger partial charge in [0.05, 0.1) is 33.0 Å². The zero-order valence-electron chi connectivity index (χ0n) is 29.3. The highest BCUT2D eigenvalue weighted by Crippen LogP contribution is 2.42. The lowest BCUT2D eigenvalue weighted by molar-refractivity contribution is 1.21. The average Bonchev–Trinajstić information content (AvgIpc) is 3.70. The lowest BCUT2D eigenvalue weighted by Gasteiger charge is -2.08. The topological polar surface area (TPSA) is 25.9 Å². The molecule has 0 unspecified atom stereocenters. The quantitative estimate of drug-likeness (QED) is 0.161. The number of allylic oxidation sites excluding steroid dienone is 5. The molecule has 0 aliphatic carbocycles. The lowest BCUT2D eigenvalue weighted by Crippen LogP contribution is -2.09. The van der Waals surface area contributed by atoms with E-state index in [1.807, 2.05) is 47.8 Å². The fourth-order valence-corrected chi connectivity index (χ4v) is 8.26. The van der Waals surface area contributed by atoms with Crippen LogP contribution in [0.1, 0.15) is 12.5 Å². The summed E-state index contributed by atoms with van der Waals surface area (Å²) in [5, 5.41) is 4.90. The van der Waals surface area contributed by atoms with Gasteiger partial charge in [-0.25, -0.2) is 0 Å². The van der Waals surface area contributed by atoms with Crippen molar-refractivity contribution in [3.8, 4) is 33.4 Å². The molecule has 3 heteroatoms. The summed E-state index contributed by atoms with van der Waals surface area (Å²) in [6, 6.07) is 53.4. The number of fused-ring (bicyclic) bond motifs is 7. The van der Waals surface area contributed by atoms with Crippen LogP contribution in [0.2, 0.25) is 0 Å². The van der Waals surface area contributed by atoms with Gasteiger partial charge in [-0.3, -0.25) is 9.20 Å². The largest absolute Gasteiger partial charge is 0.306 e. The molecule has 0 radical (unpaired) electrons. The first-order chi connectivity index (χ1) is 26.1. The monoisotopic (exact) mass is 678 g/mol. The molecule has 7 aromatic carbocycles. The lowest BCUT2D eigenvalue weighted by atomic mass is 9.99. The Labute approximate surface area is 306 Å². The molecule has 0 saturated heterocycles. The smallest absolute Gasteiger partial charge is 0.265 e. The molecule has 0 fully saturated rings. The molecule has 0 amide bonds. The molecule has 3 nitrogen and oxygen atoms in total. The van der Waals surface area contributed by atoms with Crippen LogP contribution in [0.4, 0.5) is 0 Å². The minimum Gasteiger partial charge on any atom is -0.306 e. The molecule has 3 heterocycles. The first-order valence-corrected chi connectivity index (χ1v) is 18.0. The number of hydrogen-bond donors (Lipinski definition) is 0. The first-order valence-electron chi connectivity index (χ1n) is 18.0. The molecule has 3 aromatic heterocycles. The minimum atomic E-state index is -0.0347. The van der Waals surface area contributed by atoms with Gasteiger partial charge in [0.15, 0.2) is 0 Å². The molecular weight excluding hydrogens is 645 g/mol. The van der Waals surface area contributed by atoms with E-state index in [9.17, 15) is 0 Å². The van der Waals surface area contributed by atoms with Gasteiger partial charge in [0.1, 0.15) is 0 Å². The van der Waals surface area contributed by atoms with Crippen molar-refractivity contribution in [1.82, 2.24) is 8.80 Å². The number of hydrogen-bond acceptors (Lipinski definition) is 1. The van der Waals surface area contributed by atoms with Crippen molar-refractivity contribution in [2.24, 2.45) is 0 Å². The van der Waals surface area contributed by atoms with Crippen LogP contribution in [0.3, 0.4) is 0 Å². The van der Waals surface area contributed by atoms with Crippen molar-refractivity contribution in [3.63, 3.8) is 0 Å². The summed E-state index contributed by atoms with van der Waals surface area (Å²) in [5.74, 6) is 0. The van der Waals surface area contributed by atoms with Crippen LogP contribution >= 0.6 is 0 Å². The van der Waals surface area contributed by atoms with Crippen molar-refractivity contribution in [2.45, 2.75) is 6.92 Å².